The Bertz CT molecular complexity index is 639. The number of ether oxygens (including phenoxy) is 1. The lowest BCUT2D eigenvalue weighted by molar-refractivity contribution is -0.139. The summed E-state index contributed by atoms with van der Waals surface area (Å²) in [6.07, 6.45) is 7.47. The molecule has 2 amide bonds. The van der Waals surface area contributed by atoms with Crippen molar-refractivity contribution in [1.29, 1.82) is 0 Å². The van der Waals surface area contributed by atoms with E-state index in [2.05, 4.69) is 9.97 Å². The number of hydrogen-bond donors (Lipinski definition) is 0. The molecule has 7 nitrogen and oxygen atoms in total. The Morgan fingerprint density at radius 2 is 2.00 bits per heavy atom. The lowest BCUT2D eigenvalue weighted by Crippen LogP contribution is -2.52. The summed E-state index contributed by atoms with van der Waals surface area (Å²) in [5.41, 5.74) is 1.36. The van der Waals surface area contributed by atoms with E-state index in [4.69, 9.17) is 4.74 Å². The van der Waals surface area contributed by atoms with Crippen LogP contribution in [-0.2, 0) is 9.53 Å². The summed E-state index contributed by atoms with van der Waals surface area (Å²) in [6, 6.07) is 0. The first-order chi connectivity index (χ1) is 12.5. The molecule has 0 bridgehead atoms. The summed E-state index contributed by atoms with van der Waals surface area (Å²) < 4.78 is 5.10. The summed E-state index contributed by atoms with van der Waals surface area (Å²) in [6.45, 7) is 5.53. The van der Waals surface area contributed by atoms with Crippen LogP contribution in [0.5, 0.6) is 0 Å². The van der Waals surface area contributed by atoms with Crippen molar-refractivity contribution in [3.8, 4) is 0 Å². The number of piperidine rings is 2. The van der Waals surface area contributed by atoms with Crippen molar-refractivity contribution in [2.45, 2.75) is 39.0 Å². The molecule has 7 heteroatoms. The molecule has 0 atom stereocenters. The Morgan fingerprint density at radius 1 is 1.23 bits per heavy atom. The molecule has 3 rings (SSSR count). The highest BCUT2D eigenvalue weighted by atomic mass is 16.5. The minimum absolute atomic E-state index is 0.0452. The average molecular weight is 360 g/mol. The molecule has 2 fully saturated rings. The molecule has 3 heterocycles. The summed E-state index contributed by atoms with van der Waals surface area (Å²) in [5.74, 6) is 0.205. The molecule has 2 aliphatic rings. The highest BCUT2D eigenvalue weighted by Gasteiger charge is 2.41. The van der Waals surface area contributed by atoms with Gasteiger partial charge in [0, 0.05) is 52.5 Å². The van der Waals surface area contributed by atoms with Crippen LogP contribution in [0.15, 0.2) is 12.4 Å². The van der Waals surface area contributed by atoms with Crippen LogP contribution in [0.3, 0.4) is 0 Å². The van der Waals surface area contributed by atoms with Crippen LogP contribution in [0.25, 0.3) is 0 Å². The molecule has 2 aliphatic heterocycles. The quantitative estimate of drug-likeness (QED) is 0.747. The van der Waals surface area contributed by atoms with Gasteiger partial charge in [-0.25, -0.2) is 4.98 Å². The molecule has 0 saturated carbocycles. The number of hydrogen-bond acceptors (Lipinski definition) is 5. The van der Waals surface area contributed by atoms with E-state index in [0.29, 0.717) is 31.8 Å². The Kier molecular flexibility index (Phi) is 5.86. The van der Waals surface area contributed by atoms with Crippen molar-refractivity contribution in [2.75, 3.05) is 39.9 Å². The number of methoxy groups -OCH3 is 1. The Hall–Kier alpha value is -2.02. The standard InChI is InChI=1S/C19H28N4O3/c1-15-12-21-16(13-20-15)18(25)22-9-6-19(7-10-22)5-4-17(24)23(14-19)8-3-11-26-2/h12-13H,3-11,14H2,1-2H3. The highest BCUT2D eigenvalue weighted by molar-refractivity contribution is 5.92. The van der Waals surface area contributed by atoms with Crippen molar-refractivity contribution in [1.82, 2.24) is 19.8 Å². The highest BCUT2D eigenvalue weighted by Crippen LogP contribution is 2.40. The Morgan fingerprint density at radius 3 is 2.65 bits per heavy atom. The molecular weight excluding hydrogens is 332 g/mol. The van der Waals surface area contributed by atoms with E-state index in [1.165, 1.54) is 0 Å². The van der Waals surface area contributed by atoms with Gasteiger partial charge in [-0.3, -0.25) is 14.6 Å². The minimum Gasteiger partial charge on any atom is -0.385 e. The molecule has 1 spiro atoms. The Balaban J connectivity index is 1.57. The molecule has 1 aromatic heterocycles. The van der Waals surface area contributed by atoms with Crippen LogP contribution in [0.4, 0.5) is 0 Å². The zero-order valence-corrected chi connectivity index (χ0v) is 15.7. The first-order valence-corrected chi connectivity index (χ1v) is 9.38. The molecule has 2 saturated heterocycles. The summed E-state index contributed by atoms with van der Waals surface area (Å²) >= 11 is 0. The zero-order chi connectivity index (χ0) is 18.6. The maximum Gasteiger partial charge on any atom is 0.274 e. The number of amides is 2. The van der Waals surface area contributed by atoms with Gasteiger partial charge in [-0.05, 0) is 38.0 Å². The second-order valence-corrected chi connectivity index (χ2v) is 7.50. The second kappa shape index (κ2) is 8.12. The number of nitrogens with zero attached hydrogens (tertiary/aromatic N) is 4. The molecule has 0 N–H and O–H groups in total. The molecule has 26 heavy (non-hydrogen) atoms. The van der Waals surface area contributed by atoms with Gasteiger partial charge >= 0.3 is 0 Å². The molecule has 142 valence electrons. The summed E-state index contributed by atoms with van der Waals surface area (Å²) in [4.78, 5) is 37.1. The Labute approximate surface area is 154 Å². The third-order valence-electron chi connectivity index (χ3n) is 5.64. The molecule has 1 aromatic rings. The molecular formula is C19H28N4O3. The van der Waals surface area contributed by atoms with Crippen molar-refractivity contribution >= 4 is 11.8 Å². The number of carbonyl (C=O) groups is 2. The van der Waals surface area contributed by atoms with Crippen LogP contribution in [0.2, 0.25) is 0 Å². The van der Waals surface area contributed by atoms with Crippen molar-refractivity contribution in [2.24, 2.45) is 5.41 Å². The number of carbonyl (C=O) groups excluding carboxylic acids is 2. The van der Waals surface area contributed by atoms with Crippen LogP contribution >= 0.6 is 0 Å². The third-order valence-corrected chi connectivity index (χ3v) is 5.64. The van der Waals surface area contributed by atoms with Gasteiger partial charge in [-0.1, -0.05) is 0 Å². The van der Waals surface area contributed by atoms with E-state index in [1.54, 1.807) is 19.5 Å². The fraction of sp³-hybridized carbons (Fsp3) is 0.684. The first-order valence-electron chi connectivity index (χ1n) is 9.38. The van der Waals surface area contributed by atoms with E-state index < -0.39 is 0 Å². The number of rotatable bonds is 5. The first kappa shape index (κ1) is 18.8. The molecule has 0 unspecified atom stereocenters. The van der Waals surface area contributed by atoms with E-state index in [0.717, 1.165) is 44.5 Å². The average Bonchev–Trinajstić information content (AvgIpc) is 2.66. The van der Waals surface area contributed by atoms with Crippen LogP contribution < -0.4 is 0 Å². The second-order valence-electron chi connectivity index (χ2n) is 7.50. The fourth-order valence-electron chi connectivity index (χ4n) is 3.96. The predicted octanol–water partition coefficient (Wildman–Crippen LogP) is 1.67. The SMILES string of the molecule is COCCCN1CC2(CCC1=O)CCN(C(=O)c1cnc(C)cn1)CC2. The maximum absolute atomic E-state index is 12.6. The van der Waals surface area contributed by atoms with E-state index >= 15 is 0 Å². The van der Waals surface area contributed by atoms with Gasteiger partial charge in [-0.15, -0.1) is 0 Å². The van der Waals surface area contributed by atoms with Gasteiger partial charge in [0.05, 0.1) is 11.9 Å². The zero-order valence-electron chi connectivity index (χ0n) is 15.7. The lowest BCUT2D eigenvalue weighted by atomic mass is 9.72. The van der Waals surface area contributed by atoms with Crippen molar-refractivity contribution in [3.63, 3.8) is 0 Å². The largest absolute Gasteiger partial charge is 0.385 e. The smallest absolute Gasteiger partial charge is 0.274 e. The van der Waals surface area contributed by atoms with Crippen LogP contribution in [0.1, 0.15) is 48.3 Å². The van der Waals surface area contributed by atoms with Crippen molar-refractivity contribution in [3.05, 3.63) is 23.8 Å². The third kappa shape index (κ3) is 4.20. The number of likely N-dealkylation sites (tertiary alicyclic amines) is 2. The summed E-state index contributed by atoms with van der Waals surface area (Å²) in [7, 11) is 1.69. The van der Waals surface area contributed by atoms with Crippen molar-refractivity contribution < 1.29 is 14.3 Å². The molecule has 0 aliphatic carbocycles. The van der Waals surface area contributed by atoms with E-state index in [9.17, 15) is 9.59 Å². The monoisotopic (exact) mass is 360 g/mol. The normalized spacial score (nSPS) is 19.8. The predicted molar refractivity (Wildman–Crippen MR) is 96.6 cm³/mol. The van der Waals surface area contributed by atoms with Gasteiger partial charge < -0.3 is 14.5 Å². The molecule has 0 radical (unpaired) electrons. The van der Waals surface area contributed by atoms with Crippen LogP contribution in [0, 0.1) is 12.3 Å². The van der Waals surface area contributed by atoms with E-state index in [-0.39, 0.29) is 17.2 Å². The van der Waals surface area contributed by atoms with Gasteiger partial charge in [0.25, 0.3) is 5.91 Å². The van der Waals surface area contributed by atoms with Gasteiger partial charge in [0.15, 0.2) is 0 Å². The van der Waals surface area contributed by atoms with E-state index in [1.807, 2.05) is 16.7 Å². The topological polar surface area (TPSA) is 75.6 Å². The van der Waals surface area contributed by atoms with Gasteiger partial charge in [-0.2, -0.15) is 0 Å². The fourth-order valence-corrected chi connectivity index (χ4v) is 3.96. The number of aromatic nitrogens is 2. The minimum atomic E-state index is -0.0452. The lowest BCUT2D eigenvalue weighted by Gasteiger charge is -2.47. The number of aryl methyl sites for hydroxylation is 1. The maximum atomic E-state index is 12.6. The molecule has 0 aromatic carbocycles. The van der Waals surface area contributed by atoms with Gasteiger partial charge in [0.2, 0.25) is 5.91 Å². The summed E-state index contributed by atoms with van der Waals surface area (Å²) in [5, 5.41) is 0. The van der Waals surface area contributed by atoms with Gasteiger partial charge in [0.1, 0.15) is 5.69 Å². The van der Waals surface area contributed by atoms with Crippen LogP contribution in [-0.4, -0.2) is 71.5 Å².